The zero-order valence-corrected chi connectivity index (χ0v) is 11.5. The van der Waals surface area contributed by atoms with Crippen LogP contribution in [-0.2, 0) is 4.79 Å². The van der Waals surface area contributed by atoms with Gasteiger partial charge in [-0.25, -0.2) is 9.69 Å². The van der Waals surface area contributed by atoms with E-state index in [0.29, 0.717) is 22.7 Å². The molecule has 0 aliphatic heterocycles. The van der Waals surface area contributed by atoms with E-state index in [4.69, 9.17) is 11.5 Å². The maximum absolute atomic E-state index is 12.3. The lowest BCUT2D eigenvalue weighted by atomic mass is 10.2. The minimum Gasteiger partial charge on any atom is -0.399 e. The highest BCUT2D eigenvalue weighted by Crippen LogP contribution is 2.19. The van der Waals surface area contributed by atoms with Crippen LogP contribution in [0.3, 0.4) is 0 Å². The Bertz CT molecular complexity index is 668. The van der Waals surface area contributed by atoms with E-state index in [-0.39, 0.29) is 0 Å². The Morgan fingerprint density at radius 2 is 1.67 bits per heavy atom. The molecule has 0 saturated carbocycles. The van der Waals surface area contributed by atoms with Crippen molar-refractivity contribution in [3.63, 3.8) is 0 Å². The van der Waals surface area contributed by atoms with Gasteiger partial charge in [0.15, 0.2) is 0 Å². The van der Waals surface area contributed by atoms with Gasteiger partial charge in [0, 0.05) is 24.0 Å². The Morgan fingerprint density at radius 1 is 1.00 bits per heavy atom. The Balaban J connectivity index is 2.24. The van der Waals surface area contributed by atoms with Gasteiger partial charge >= 0.3 is 6.03 Å². The van der Waals surface area contributed by atoms with Crippen molar-refractivity contribution in [2.45, 2.75) is 6.92 Å². The van der Waals surface area contributed by atoms with E-state index < -0.39 is 11.9 Å². The van der Waals surface area contributed by atoms with Gasteiger partial charge in [0.05, 0.1) is 5.69 Å². The van der Waals surface area contributed by atoms with Crippen molar-refractivity contribution in [3.05, 3.63) is 48.5 Å². The van der Waals surface area contributed by atoms with Crippen LogP contribution in [0.5, 0.6) is 0 Å². The first-order chi connectivity index (χ1) is 9.97. The summed E-state index contributed by atoms with van der Waals surface area (Å²) in [7, 11) is 0. The summed E-state index contributed by atoms with van der Waals surface area (Å²) in [6.07, 6.45) is 0. The van der Waals surface area contributed by atoms with Crippen LogP contribution < -0.4 is 21.7 Å². The molecule has 0 heterocycles. The number of nitrogens with zero attached hydrogens (tertiary/aromatic N) is 1. The molecule has 108 valence electrons. The minimum absolute atomic E-state index is 0.409. The van der Waals surface area contributed by atoms with Crippen molar-refractivity contribution in [2.75, 3.05) is 21.7 Å². The van der Waals surface area contributed by atoms with Crippen molar-refractivity contribution in [1.82, 2.24) is 0 Å². The lowest BCUT2D eigenvalue weighted by Crippen LogP contribution is -2.38. The second kappa shape index (κ2) is 5.96. The number of imide groups is 1. The Kier molecular flexibility index (Phi) is 4.08. The predicted octanol–water partition coefficient (Wildman–Crippen LogP) is 2.44. The number of benzene rings is 2. The van der Waals surface area contributed by atoms with E-state index in [1.54, 1.807) is 48.5 Å². The van der Waals surface area contributed by atoms with Crippen molar-refractivity contribution < 1.29 is 9.59 Å². The Labute approximate surface area is 122 Å². The fourth-order valence-corrected chi connectivity index (χ4v) is 1.85. The standard InChI is InChI=1S/C15H16N4O2/c1-10(20)19(14-4-2-3-12(17)9-14)15(21)18-13-7-5-11(16)6-8-13/h2-9H,16-17H2,1H3,(H,18,21). The van der Waals surface area contributed by atoms with E-state index >= 15 is 0 Å². The van der Waals surface area contributed by atoms with Gasteiger partial charge in [-0.3, -0.25) is 4.79 Å². The van der Waals surface area contributed by atoms with Crippen LogP contribution in [-0.4, -0.2) is 11.9 Å². The molecule has 0 saturated heterocycles. The van der Waals surface area contributed by atoms with Crippen LogP contribution in [0.4, 0.5) is 27.5 Å². The topological polar surface area (TPSA) is 101 Å². The molecule has 0 aliphatic carbocycles. The molecule has 3 amide bonds. The minimum atomic E-state index is -0.558. The van der Waals surface area contributed by atoms with E-state index in [0.717, 1.165) is 4.90 Å². The zero-order chi connectivity index (χ0) is 15.4. The molecule has 0 radical (unpaired) electrons. The van der Waals surface area contributed by atoms with Crippen molar-refractivity contribution in [3.8, 4) is 0 Å². The van der Waals surface area contributed by atoms with E-state index in [2.05, 4.69) is 5.32 Å². The highest BCUT2D eigenvalue weighted by molar-refractivity contribution is 6.17. The number of hydrogen-bond acceptors (Lipinski definition) is 4. The molecule has 6 heteroatoms. The van der Waals surface area contributed by atoms with Gasteiger partial charge in [-0.1, -0.05) is 6.07 Å². The number of rotatable bonds is 2. The van der Waals surface area contributed by atoms with Gasteiger partial charge in [-0.2, -0.15) is 0 Å². The van der Waals surface area contributed by atoms with Gasteiger partial charge in [0.2, 0.25) is 5.91 Å². The second-order valence-corrected chi connectivity index (χ2v) is 4.50. The number of nitrogen functional groups attached to an aromatic ring is 2. The molecule has 0 bridgehead atoms. The number of amides is 3. The number of nitrogens with two attached hydrogens (primary N) is 2. The lowest BCUT2D eigenvalue weighted by molar-refractivity contribution is -0.115. The zero-order valence-electron chi connectivity index (χ0n) is 11.5. The number of carbonyl (C=O) groups excluding carboxylic acids is 2. The number of urea groups is 1. The molecule has 0 aliphatic rings. The van der Waals surface area contributed by atoms with Gasteiger partial charge in [0.25, 0.3) is 0 Å². The first-order valence-corrected chi connectivity index (χ1v) is 6.30. The highest BCUT2D eigenvalue weighted by atomic mass is 16.2. The fourth-order valence-electron chi connectivity index (χ4n) is 1.85. The molecule has 0 aromatic heterocycles. The molecule has 21 heavy (non-hydrogen) atoms. The molecular formula is C15H16N4O2. The molecule has 5 N–H and O–H groups in total. The highest BCUT2D eigenvalue weighted by Gasteiger charge is 2.20. The monoisotopic (exact) mass is 284 g/mol. The summed E-state index contributed by atoms with van der Waals surface area (Å²) in [4.78, 5) is 25.0. The summed E-state index contributed by atoms with van der Waals surface area (Å²) < 4.78 is 0. The fraction of sp³-hybridized carbons (Fsp3) is 0.0667. The summed E-state index contributed by atoms with van der Waals surface area (Å²) in [5, 5.41) is 2.64. The van der Waals surface area contributed by atoms with Crippen LogP contribution in [0.2, 0.25) is 0 Å². The molecule has 2 aromatic carbocycles. The largest absolute Gasteiger partial charge is 0.399 e. The van der Waals surface area contributed by atoms with E-state index in [1.807, 2.05) is 0 Å². The third-order valence-corrected chi connectivity index (χ3v) is 2.81. The molecule has 2 rings (SSSR count). The number of hydrogen-bond donors (Lipinski definition) is 3. The van der Waals surface area contributed by atoms with Crippen LogP contribution in [0.1, 0.15) is 6.92 Å². The molecule has 0 fully saturated rings. The molecule has 0 unspecified atom stereocenters. The maximum Gasteiger partial charge on any atom is 0.333 e. The van der Waals surface area contributed by atoms with Crippen LogP contribution >= 0.6 is 0 Å². The number of carbonyl (C=O) groups is 2. The van der Waals surface area contributed by atoms with E-state index in [9.17, 15) is 9.59 Å². The van der Waals surface area contributed by atoms with E-state index in [1.165, 1.54) is 6.92 Å². The summed E-state index contributed by atoms with van der Waals surface area (Å²) in [6.45, 7) is 1.31. The third-order valence-electron chi connectivity index (χ3n) is 2.81. The normalized spacial score (nSPS) is 9.95. The van der Waals surface area contributed by atoms with Crippen molar-refractivity contribution in [2.24, 2.45) is 0 Å². The summed E-state index contributed by atoms with van der Waals surface area (Å²) >= 11 is 0. The van der Waals surface area contributed by atoms with Crippen LogP contribution in [0, 0.1) is 0 Å². The molecule has 0 spiro atoms. The molecular weight excluding hydrogens is 268 g/mol. The average Bonchev–Trinajstić information content (AvgIpc) is 2.41. The lowest BCUT2D eigenvalue weighted by Gasteiger charge is -2.20. The van der Waals surface area contributed by atoms with Gasteiger partial charge < -0.3 is 16.8 Å². The van der Waals surface area contributed by atoms with Crippen molar-refractivity contribution in [1.29, 1.82) is 0 Å². The van der Waals surface area contributed by atoms with Crippen molar-refractivity contribution >= 4 is 34.7 Å². The third kappa shape index (κ3) is 3.50. The smallest absolute Gasteiger partial charge is 0.333 e. The Morgan fingerprint density at radius 3 is 2.24 bits per heavy atom. The average molecular weight is 284 g/mol. The number of nitrogens with one attached hydrogen (secondary N) is 1. The summed E-state index contributed by atoms with van der Waals surface area (Å²) in [5.74, 6) is -0.409. The predicted molar refractivity (Wildman–Crippen MR) is 83.9 cm³/mol. The second-order valence-electron chi connectivity index (χ2n) is 4.50. The molecule has 0 atom stereocenters. The maximum atomic E-state index is 12.3. The van der Waals surface area contributed by atoms with Crippen LogP contribution in [0.25, 0.3) is 0 Å². The Hall–Kier alpha value is -3.02. The number of anilines is 4. The SMILES string of the molecule is CC(=O)N(C(=O)Nc1ccc(N)cc1)c1cccc(N)c1. The van der Waals surface area contributed by atoms with Gasteiger partial charge in [0.1, 0.15) is 0 Å². The molecule has 2 aromatic rings. The van der Waals surface area contributed by atoms with Crippen LogP contribution in [0.15, 0.2) is 48.5 Å². The summed E-state index contributed by atoms with van der Waals surface area (Å²) in [5.41, 5.74) is 13.3. The molecule has 6 nitrogen and oxygen atoms in total. The quantitative estimate of drug-likeness (QED) is 0.737. The van der Waals surface area contributed by atoms with Gasteiger partial charge in [-0.05, 0) is 42.5 Å². The first-order valence-electron chi connectivity index (χ1n) is 6.30. The first kappa shape index (κ1) is 14.4. The van der Waals surface area contributed by atoms with Gasteiger partial charge in [-0.15, -0.1) is 0 Å². The summed E-state index contributed by atoms with van der Waals surface area (Å²) in [6, 6.07) is 12.6.